The lowest BCUT2D eigenvalue weighted by Crippen LogP contribution is -3.10. The molecule has 1 atom stereocenters. The fourth-order valence-electron chi connectivity index (χ4n) is 4.28. The predicted molar refractivity (Wildman–Crippen MR) is 117 cm³/mol. The lowest BCUT2D eigenvalue weighted by molar-refractivity contribution is -0.945. The van der Waals surface area contributed by atoms with Crippen LogP contribution in [0.15, 0.2) is 82.0 Å². The Hall–Kier alpha value is -3.37. The van der Waals surface area contributed by atoms with Gasteiger partial charge in [-0.25, -0.2) is 4.79 Å². The van der Waals surface area contributed by atoms with Gasteiger partial charge in [-0.15, -0.1) is 0 Å². The van der Waals surface area contributed by atoms with Gasteiger partial charge in [0.15, 0.2) is 5.58 Å². The van der Waals surface area contributed by atoms with E-state index >= 15 is 0 Å². The van der Waals surface area contributed by atoms with Crippen LogP contribution in [0.5, 0.6) is 5.75 Å². The summed E-state index contributed by atoms with van der Waals surface area (Å²) in [6.45, 7) is 4.25. The molecule has 30 heavy (non-hydrogen) atoms. The molecule has 0 amide bonds. The predicted octanol–water partition coefficient (Wildman–Crippen LogP) is 3.63. The number of aryl methyl sites for hydroxylation is 1. The van der Waals surface area contributed by atoms with Crippen molar-refractivity contribution in [2.45, 2.75) is 26.4 Å². The number of quaternary nitrogens is 1. The smallest absolute Gasteiger partial charge is 0.340 e. The zero-order valence-electron chi connectivity index (χ0n) is 17.0. The van der Waals surface area contributed by atoms with E-state index in [9.17, 15) is 4.79 Å². The van der Waals surface area contributed by atoms with E-state index in [1.165, 1.54) is 10.5 Å². The van der Waals surface area contributed by atoms with Gasteiger partial charge in [-0.3, -0.25) is 4.90 Å². The van der Waals surface area contributed by atoms with Gasteiger partial charge >= 0.3 is 5.63 Å². The molecule has 1 N–H and O–H groups in total. The molecule has 0 aliphatic carbocycles. The van der Waals surface area contributed by atoms with E-state index in [4.69, 9.17) is 9.15 Å². The summed E-state index contributed by atoms with van der Waals surface area (Å²) < 4.78 is 11.9. The van der Waals surface area contributed by atoms with Gasteiger partial charge in [0.25, 0.3) is 0 Å². The topological polar surface area (TPSA) is 43.9 Å². The van der Waals surface area contributed by atoms with Crippen LogP contribution >= 0.6 is 0 Å². The van der Waals surface area contributed by atoms with Gasteiger partial charge in [0.2, 0.25) is 6.73 Å². The summed E-state index contributed by atoms with van der Waals surface area (Å²) in [7, 11) is 0. The standard InChI is InChI=1S/C26H23NO3/c1-18-21-12-13-24-23(16-27(17-29-24)15-20-10-6-3-7-11-20)25(21)30-26(28)22(18)14-19-8-4-2-5-9-19/h2-13H,14-17H2,1H3/p+1. The van der Waals surface area contributed by atoms with Crippen molar-refractivity contribution in [2.75, 3.05) is 6.73 Å². The summed E-state index contributed by atoms with van der Waals surface area (Å²) in [5, 5.41) is 0.990. The van der Waals surface area contributed by atoms with Crippen LogP contribution in [0.2, 0.25) is 0 Å². The quantitative estimate of drug-likeness (QED) is 0.534. The van der Waals surface area contributed by atoms with Crippen molar-refractivity contribution in [3.8, 4) is 5.75 Å². The number of fused-ring (bicyclic) bond motifs is 3. The number of rotatable bonds is 4. The minimum Gasteiger partial charge on any atom is -0.445 e. The molecular weight excluding hydrogens is 374 g/mol. The molecule has 1 unspecified atom stereocenters. The summed E-state index contributed by atoms with van der Waals surface area (Å²) >= 11 is 0. The molecule has 4 nitrogen and oxygen atoms in total. The van der Waals surface area contributed by atoms with E-state index in [0.29, 0.717) is 18.7 Å². The third-order valence-corrected chi connectivity index (χ3v) is 5.89. The second-order valence-electron chi connectivity index (χ2n) is 7.95. The summed E-state index contributed by atoms with van der Waals surface area (Å²) in [5.41, 5.74) is 5.47. The highest BCUT2D eigenvalue weighted by Gasteiger charge is 2.25. The molecule has 4 aromatic rings. The zero-order chi connectivity index (χ0) is 20.5. The zero-order valence-corrected chi connectivity index (χ0v) is 17.0. The largest absolute Gasteiger partial charge is 0.445 e. The maximum atomic E-state index is 12.9. The Morgan fingerprint density at radius 1 is 0.900 bits per heavy atom. The van der Waals surface area contributed by atoms with Crippen molar-refractivity contribution in [1.29, 1.82) is 0 Å². The molecule has 150 valence electrons. The van der Waals surface area contributed by atoms with Crippen molar-refractivity contribution in [1.82, 2.24) is 0 Å². The minimum atomic E-state index is -0.257. The Labute approximate surface area is 175 Å². The fourth-order valence-corrected chi connectivity index (χ4v) is 4.28. The Balaban J connectivity index is 1.52. The van der Waals surface area contributed by atoms with Crippen LogP contribution in [0.4, 0.5) is 0 Å². The van der Waals surface area contributed by atoms with Crippen LogP contribution < -0.4 is 15.3 Å². The summed E-state index contributed by atoms with van der Waals surface area (Å²) in [6, 6.07) is 24.5. The van der Waals surface area contributed by atoms with Crippen LogP contribution in [0.1, 0.15) is 27.8 Å². The highest BCUT2D eigenvalue weighted by atomic mass is 16.5. The van der Waals surface area contributed by atoms with Crippen molar-refractivity contribution in [2.24, 2.45) is 0 Å². The number of nitrogens with one attached hydrogen (secondary N) is 1. The molecule has 0 spiro atoms. The van der Waals surface area contributed by atoms with Crippen molar-refractivity contribution in [3.05, 3.63) is 111 Å². The van der Waals surface area contributed by atoms with Crippen LogP contribution in [-0.2, 0) is 19.5 Å². The average Bonchev–Trinajstić information content (AvgIpc) is 2.78. The van der Waals surface area contributed by atoms with Gasteiger partial charge in [0.1, 0.15) is 18.8 Å². The molecule has 4 heteroatoms. The average molecular weight is 398 g/mol. The highest BCUT2D eigenvalue weighted by molar-refractivity contribution is 5.86. The summed E-state index contributed by atoms with van der Waals surface area (Å²) in [5.74, 6) is 0.817. The van der Waals surface area contributed by atoms with E-state index in [-0.39, 0.29) is 5.63 Å². The Morgan fingerprint density at radius 3 is 2.33 bits per heavy atom. The Bertz CT molecular complexity index is 1250. The molecule has 1 aliphatic rings. The van der Waals surface area contributed by atoms with E-state index < -0.39 is 0 Å². The molecule has 0 fully saturated rings. The van der Waals surface area contributed by atoms with E-state index in [1.54, 1.807) is 0 Å². The van der Waals surface area contributed by atoms with Gasteiger partial charge in [-0.2, -0.15) is 0 Å². The first kappa shape index (κ1) is 18.6. The molecule has 3 aromatic carbocycles. The first-order valence-electron chi connectivity index (χ1n) is 10.3. The molecule has 0 bridgehead atoms. The first-order chi connectivity index (χ1) is 14.7. The van der Waals surface area contributed by atoms with Crippen LogP contribution in [0, 0.1) is 6.92 Å². The monoisotopic (exact) mass is 398 g/mol. The number of hydrogen-bond acceptors (Lipinski definition) is 3. The van der Waals surface area contributed by atoms with Crippen LogP contribution in [0.25, 0.3) is 11.0 Å². The van der Waals surface area contributed by atoms with Gasteiger partial charge < -0.3 is 9.15 Å². The summed E-state index contributed by atoms with van der Waals surface area (Å²) in [6.07, 6.45) is 0.573. The Morgan fingerprint density at radius 2 is 1.60 bits per heavy atom. The molecular formula is C26H24NO3+. The third kappa shape index (κ3) is 3.51. The van der Waals surface area contributed by atoms with Gasteiger partial charge in [0.05, 0.1) is 5.56 Å². The van der Waals surface area contributed by atoms with Crippen LogP contribution in [0.3, 0.4) is 0 Å². The molecule has 0 saturated carbocycles. The lowest BCUT2D eigenvalue weighted by atomic mass is 9.97. The highest BCUT2D eigenvalue weighted by Crippen LogP contribution is 2.31. The SMILES string of the molecule is Cc1c(Cc2ccccc2)c(=O)oc2c3c(ccc12)OC[NH+](Cc1ccccc1)C3. The number of ether oxygens (including phenoxy) is 1. The van der Waals surface area contributed by atoms with E-state index in [0.717, 1.165) is 46.5 Å². The van der Waals surface area contributed by atoms with E-state index in [1.807, 2.05) is 55.5 Å². The molecule has 0 radical (unpaired) electrons. The lowest BCUT2D eigenvalue weighted by Gasteiger charge is -2.26. The van der Waals surface area contributed by atoms with Crippen molar-refractivity contribution in [3.63, 3.8) is 0 Å². The van der Waals surface area contributed by atoms with Crippen molar-refractivity contribution >= 4 is 11.0 Å². The number of benzene rings is 3. The van der Waals surface area contributed by atoms with Crippen LogP contribution in [-0.4, -0.2) is 6.73 Å². The van der Waals surface area contributed by atoms with Crippen molar-refractivity contribution < 1.29 is 14.1 Å². The minimum absolute atomic E-state index is 0.257. The maximum absolute atomic E-state index is 12.9. The second kappa shape index (κ2) is 7.81. The molecule has 1 aromatic heterocycles. The van der Waals surface area contributed by atoms with Gasteiger partial charge in [-0.1, -0.05) is 60.7 Å². The molecule has 5 rings (SSSR count). The number of hydrogen-bond donors (Lipinski definition) is 1. The van der Waals surface area contributed by atoms with Gasteiger partial charge in [0, 0.05) is 22.9 Å². The normalized spacial score (nSPS) is 15.6. The molecule has 0 saturated heterocycles. The molecule has 1 aliphatic heterocycles. The van der Waals surface area contributed by atoms with E-state index in [2.05, 4.69) is 24.3 Å². The molecule has 2 heterocycles. The van der Waals surface area contributed by atoms with Gasteiger partial charge in [-0.05, 0) is 30.2 Å². The second-order valence-corrected chi connectivity index (χ2v) is 7.95. The fraction of sp³-hybridized carbons (Fsp3) is 0.192. The summed E-state index contributed by atoms with van der Waals surface area (Å²) in [4.78, 5) is 14.2. The Kier molecular flexibility index (Phi) is 4.85. The maximum Gasteiger partial charge on any atom is 0.340 e. The third-order valence-electron chi connectivity index (χ3n) is 5.89. The first-order valence-corrected chi connectivity index (χ1v) is 10.3.